The highest BCUT2D eigenvalue weighted by Gasteiger charge is 2.19. The quantitative estimate of drug-likeness (QED) is 0.0262. The molecular formula is C59H100O6. The summed E-state index contributed by atoms with van der Waals surface area (Å²) in [5.41, 5.74) is 0. The number of hydrogen-bond donors (Lipinski definition) is 0. The molecule has 0 aromatic rings. The molecule has 0 heterocycles. The van der Waals surface area contributed by atoms with Crippen molar-refractivity contribution in [1.82, 2.24) is 0 Å². The van der Waals surface area contributed by atoms with Crippen LogP contribution in [0.1, 0.15) is 252 Å². The van der Waals surface area contributed by atoms with E-state index in [9.17, 15) is 14.4 Å². The summed E-state index contributed by atoms with van der Waals surface area (Å²) in [6.45, 7) is 6.45. The zero-order chi connectivity index (χ0) is 47.2. The van der Waals surface area contributed by atoms with E-state index in [1.165, 1.54) is 83.5 Å². The van der Waals surface area contributed by atoms with Gasteiger partial charge in [0.05, 0.1) is 0 Å². The molecule has 0 aromatic carbocycles. The third-order valence-electron chi connectivity index (χ3n) is 11.4. The van der Waals surface area contributed by atoms with Gasteiger partial charge in [0.2, 0.25) is 0 Å². The molecule has 0 N–H and O–H groups in total. The van der Waals surface area contributed by atoms with Gasteiger partial charge in [-0.2, -0.15) is 0 Å². The van der Waals surface area contributed by atoms with E-state index in [4.69, 9.17) is 14.2 Å². The lowest BCUT2D eigenvalue weighted by atomic mass is 10.1. The maximum absolute atomic E-state index is 12.8. The van der Waals surface area contributed by atoms with Crippen LogP contribution in [0.4, 0.5) is 0 Å². The van der Waals surface area contributed by atoms with E-state index < -0.39 is 6.10 Å². The van der Waals surface area contributed by atoms with Crippen molar-refractivity contribution in [2.45, 2.75) is 258 Å². The number of hydrogen-bond acceptors (Lipinski definition) is 6. The van der Waals surface area contributed by atoms with Gasteiger partial charge in [-0.25, -0.2) is 0 Å². The fourth-order valence-corrected chi connectivity index (χ4v) is 7.27. The van der Waals surface area contributed by atoms with Crippen molar-refractivity contribution >= 4 is 17.9 Å². The van der Waals surface area contributed by atoms with Gasteiger partial charge >= 0.3 is 17.9 Å². The minimum absolute atomic E-state index is 0.0915. The Kier molecular flexibility index (Phi) is 50.4. The number of esters is 3. The zero-order valence-corrected chi connectivity index (χ0v) is 42.5. The zero-order valence-electron chi connectivity index (χ0n) is 42.5. The smallest absolute Gasteiger partial charge is 0.306 e. The molecule has 372 valence electrons. The van der Waals surface area contributed by atoms with Gasteiger partial charge in [0.25, 0.3) is 0 Å². The van der Waals surface area contributed by atoms with Gasteiger partial charge in [0.1, 0.15) is 13.2 Å². The first-order valence-corrected chi connectivity index (χ1v) is 27.1. The molecule has 0 bridgehead atoms. The van der Waals surface area contributed by atoms with Gasteiger partial charge in [-0.05, 0) is 109 Å². The Morgan fingerprint density at radius 3 is 1.00 bits per heavy atom. The van der Waals surface area contributed by atoms with Crippen LogP contribution >= 0.6 is 0 Å². The molecule has 0 fully saturated rings. The molecule has 0 aromatic heterocycles. The molecule has 0 aliphatic heterocycles. The Bertz CT molecular complexity index is 1270. The average Bonchev–Trinajstić information content (AvgIpc) is 3.30. The molecule has 0 saturated heterocycles. The predicted octanol–water partition coefficient (Wildman–Crippen LogP) is 18.0. The summed E-state index contributed by atoms with van der Waals surface area (Å²) in [6, 6.07) is 0. The number of carbonyl (C=O) groups is 3. The molecule has 6 nitrogen and oxygen atoms in total. The van der Waals surface area contributed by atoms with Crippen LogP contribution in [0, 0.1) is 0 Å². The Balaban J connectivity index is 4.43. The van der Waals surface area contributed by atoms with Crippen LogP contribution in [0.25, 0.3) is 0 Å². The standard InChI is InChI=1S/C59H100O6/c1-4-7-10-13-16-19-22-25-28-29-30-31-32-35-37-40-43-46-49-52-58(61)64-55-56(65-59(62)53-50-47-44-41-38-34-27-24-21-18-15-12-9-6-3)54-63-57(60)51-48-45-42-39-36-33-26-23-20-17-14-11-8-5-2/h7,10,15-16,18-19,23-28,30-31,56H,4-6,8-9,11-14,17,20-22,29,32-55H2,1-3H3/b10-7-,18-15-,19-16-,26-23-,27-24-,28-25-,31-30-. The Morgan fingerprint density at radius 2 is 0.615 bits per heavy atom. The van der Waals surface area contributed by atoms with Crippen LogP contribution < -0.4 is 0 Å². The second-order valence-corrected chi connectivity index (χ2v) is 17.7. The van der Waals surface area contributed by atoms with E-state index in [0.29, 0.717) is 19.3 Å². The lowest BCUT2D eigenvalue weighted by molar-refractivity contribution is -0.167. The Morgan fingerprint density at radius 1 is 0.323 bits per heavy atom. The van der Waals surface area contributed by atoms with Crippen LogP contribution in [0.2, 0.25) is 0 Å². The minimum atomic E-state index is -0.793. The summed E-state index contributed by atoms with van der Waals surface area (Å²) in [5, 5.41) is 0. The largest absolute Gasteiger partial charge is 0.462 e. The lowest BCUT2D eigenvalue weighted by Gasteiger charge is -2.18. The maximum Gasteiger partial charge on any atom is 0.306 e. The highest BCUT2D eigenvalue weighted by molar-refractivity contribution is 5.71. The number of allylic oxidation sites excluding steroid dienone is 14. The van der Waals surface area contributed by atoms with E-state index in [2.05, 4.69) is 106 Å². The molecule has 65 heavy (non-hydrogen) atoms. The van der Waals surface area contributed by atoms with Gasteiger partial charge in [0.15, 0.2) is 6.10 Å². The van der Waals surface area contributed by atoms with Crippen molar-refractivity contribution in [2.75, 3.05) is 13.2 Å². The van der Waals surface area contributed by atoms with Crippen LogP contribution in [-0.2, 0) is 28.6 Å². The topological polar surface area (TPSA) is 78.9 Å². The van der Waals surface area contributed by atoms with Crippen molar-refractivity contribution in [2.24, 2.45) is 0 Å². The first kappa shape index (κ1) is 61.6. The highest BCUT2D eigenvalue weighted by Crippen LogP contribution is 2.14. The second-order valence-electron chi connectivity index (χ2n) is 17.7. The Hall–Kier alpha value is -3.41. The molecule has 0 saturated carbocycles. The summed E-state index contributed by atoms with van der Waals surface area (Å²) in [5.74, 6) is -0.926. The van der Waals surface area contributed by atoms with E-state index in [0.717, 1.165) is 128 Å². The van der Waals surface area contributed by atoms with Gasteiger partial charge < -0.3 is 14.2 Å². The summed E-state index contributed by atoms with van der Waals surface area (Å²) in [7, 11) is 0. The normalized spacial score (nSPS) is 12.7. The molecule has 0 aliphatic rings. The summed E-state index contributed by atoms with van der Waals surface area (Å²) in [4.78, 5) is 38.1. The Labute approximate surface area is 401 Å². The molecule has 0 radical (unpaired) electrons. The van der Waals surface area contributed by atoms with E-state index in [1.54, 1.807) is 0 Å². The number of rotatable bonds is 48. The van der Waals surface area contributed by atoms with E-state index in [-0.39, 0.29) is 31.1 Å². The van der Waals surface area contributed by atoms with Crippen molar-refractivity contribution in [1.29, 1.82) is 0 Å². The first-order valence-electron chi connectivity index (χ1n) is 27.1. The van der Waals surface area contributed by atoms with Crippen molar-refractivity contribution < 1.29 is 28.6 Å². The molecule has 6 heteroatoms. The third kappa shape index (κ3) is 51.4. The fourth-order valence-electron chi connectivity index (χ4n) is 7.27. The van der Waals surface area contributed by atoms with Crippen LogP contribution in [-0.4, -0.2) is 37.2 Å². The molecule has 0 rings (SSSR count). The number of ether oxygens (including phenoxy) is 3. The summed E-state index contributed by atoms with van der Waals surface area (Å²) in [6.07, 6.45) is 68.5. The van der Waals surface area contributed by atoms with Crippen LogP contribution in [0.15, 0.2) is 85.1 Å². The van der Waals surface area contributed by atoms with Crippen LogP contribution in [0.3, 0.4) is 0 Å². The monoisotopic (exact) mass is 905 g/mol. The fraction of sp³-hybridized carbons (Fsp3) is 0.712. The van der Waals surface area contributed by atoms with Crippen molar-refractivity contribution in [3.05, 3.63) is 85.1 Å². The van der Waals surface area contributed by atoms with E-state index >= 15 is 0 Å². The molecular weight excluding hydrogens is 805 g/mol. The average molecular weight is 905 g/mol. The molecule has 0 amide bonds. The number of carbonyl (C=O) groups excluding carboxylic acids is 3. The first-order chi connectivity index (χ1) is 32.0. The SMILES string of the molecule is CC/C=C\C/C=C\C/C=C\C/C=C\CCCCCCCCC(=O)OCC(COC(=O)CCCCCCC/C=C\CCCCCCC)OC(=O)CCCCCCC/C=C\C/C=C\CCCC. The molecule has 1 atom stereocenters. The van der Waals surface area contributed by atoms with Gasteiger partial charge in [0, 0.05) is 19.3 Å². The summed E-state index contributed by atoms with van der Waals surface area (Å²) < 4.78 is 16.8. The third-order valence-corrected chi connectivity index (χ3v) is 11.4. The highest BCUT2D eigenvalue weighted by atomic mass is 16.6. The van der Waals surface area contributed by atoms with Gasteiger partial charge in [-0.1, -0.05) is 209 Å². The van der Waals surface area contributed by atoms with Gasteiger partial charge in [-0.15, -0.1) is 0 Å². The van der Waals surface area contributed by atoms with Gasteiger partial charge in [-0.3, -0.25) is 14.4 Å². The van der Waals surface area contributed by atoms with E-state index in [1.807, 2.05) is 0 Å². The minimum Gasteiger partial charge on any atom is -0.462 e. The van der Waals surface area contributed by atoms with Crippen LogP contribution in [0.5, 0.6) is 0 Å². The molecule has 0 aliphatic carbocycles. The maximum atomic E-state index is 12.8. The molecule has 0 spiro atoms. The molecule has 1 unspecified atom stereocenters. The number of unbranched alkanes of at least 4 members (excludes halogenated alkanes) is 23. The second kappa shape index (κ2) is 53.2. The van der Waals surface area contributed by atoms with Crippen molar-refractivity contribution in [3.8, 4) is 0 Å². The predicted molar refractivity (Wildman–Crippen MR) is 279 cm³/mol. The lowest BCUT2D eigenvalue weighted by Crippen LogP contribution is -2.30. The summed E-state index contributed by atoms with van der Waals surface area (Å²) >= 11 is 0. The van der Waals surface area contributed by atoms with Crippen molar-refractivity contribution in [3.63, 3.8) is 0 Å².